The topological polar surface area (TPSA) is 85.8 Å². The molecule has 2 atom stereocenters. The van der Waals surface area contributed by atoms with Crippen molar-refractivity contribution >= 4 is 51.6 Å². The summed E-state index contributed by atoms with van der Waals surface area (Å²) in [4.78, 5) is 34.3. The first-order chi connectivity index (χ1) is 16.3. The number of aryl methyl sites for hydroxylation is 1. The Balaban J connectivity index is 1.48. The highest BCUT2D eigenvalue weighted by Crippen LogP contribution is 2.39. The number of piperazine rings is 1. The Bertz CT molecular complexity index is 1090. The van der Waals surface area contributed by atoms with E-state index in [-0.39, 0.29) is 23.8 Å². The van der Waals surface area contributed by atoms with Crippen molar-refractivity contribution in [3.63, 3.8) is 0 Å². The van der Waals surface area contributed by atoms with Crippen LogP contribution in [0.3, 0.4) is 0 Å². The van der Waals surface area contributed by atoms with E-state index in [2.05, 4.69) is 23.8 Å². The number of hydrogen-bond donors (Lipinski definition) is 2. The zero-order valence-corrected chi connectivity index (χ0v) is 21.7. The molecule has 1 aromatic heterocycles. The molecule has 1 aliphatic carbocycles. The van der Waals surface area contributed by atoms with Gasteiger partial charge in [0.2, 0.25) is 5.91 Å². The third-order valence-corrected chi connectivity index (χ3v) is 8.72. The van der Waals surface area contributed by atoms with E-state index in [1.165, 1.54) is 29.2 Å². The van der Waals surface area contributed by atoms with Gasteiger partial charge >= 0.3 is 0 Å². The monoisotopic (exact) mass is 520 g/mol. The molecular weight excluding hydrogens is 492 g/mol. The lowest BCUT2D eigenvalue weighted by Crippen LogP contribution is -2.57. The zero-order valence-electron chi connectivity index (χ0n) is 19.3. The lowest BCUT2D eigenvalue weighted by Gasteiger charge is -2.42. The van der Waals surface area contributed by atoms with Gasteiger partial charge in [0.15, 0.2) is 5.13 Å². The highest BCUT2D eigenvalue weighted by Gasteiger charge is 2.32. The number of aromatic nitrogens is 1. The Morgan fingerprint density at radius 3 is 2.85 bits per heavy atom. The summed E-state index contributed by atoms with van der Waals surface area (Å²) in [6.45, 7) is 9.29. The van der Waals surface area contributed by atoms with E-state index in [1.54, 1.807) is 6.20 Å². The van der Waals surface area contributed by atoms with Crippen molar-refractivity contribution in [1.82, 2.24) is 14.8 Å². The molecule has 4 rings (SSSR count). The van der Waals surface area contributed by atoms with E-state index in [0.717, 1.165) is 33.9 Å². The maximum atomic E-state index is 13.5. The van der Waals surface area contributed by atoms with Crippen LogP contribution < -0.4 is 5.32 Å². The number of benzene rings is 1. The molecule has 0 radical (unpaired) electrons. The normalized spacial score (nSPS) is 19.6. The predicted octanol–water partition coefficient (Wildman–Crippen LogP) is 4.65. The first-order valence-electron chi connectivity index (χ1n) is 11.4. The molecule has 2 amide bonds. The Hall–Kier alpha value is -1.91. The summed E-state index contributed by atoms with van der Waals surface area (Å²) < 4.78 is 0.883. The SMILES string of the molecule is C=CC(O)N1CCN(C(=O)c2cc(Sc3cnc(NC(=O)C4CC4)s3)c(Cl)cc2C)C[C@H]1CC. The van der Waals surface area contributed by atoms with Gasteiger partial charge in [0.25, 0.3) is 5.91 Å². The summed E-state index contributed by atoms with van der Waals surface area (Å²) in [5.74, 6) is 0.108. The van der Waals surface area contributed by atoms with Crippen molar-refractivity contribution < 1.29 is 14.7 Å². The maximum Gasteiger partial charge on any atom is 0.254 e. The molecule has 0 spiro atoms. The number of amides is 2. The molecule has 34 heavy (non-hydrogen) atoms. The van der Waals surface area contributed by atoms with Crippen LogP contribution >= 0.6 is 34.7 Å². The van der Waals surface area contributed by atoms with Crippen LogP contribution in [0.4, 0.5) is 5.13 Å². The second-order valence-electron chi connectivity index (χ2n) is 8.65. The average Bonchev–Trinajstić information content (AvgIpc) is 3.60. The molecule has 2 fully saturated rings. The molecule has 10 heteroatoms. The van der Waals surface area contributed by atoms with Crippen molar-refractivity contribution in [2.45, 2.75) is 54.5 Å². The Morgan fingerprint density at radius 1 is 1.41 bits per heavy atom. The summed E-state index contributed by atoms with van der Waals surface area (Å²) in [7, 11) is 0. The molecule has 2 heterocycles. The van der Waals surface area contributed by atoms with Crippen LogP contribution in [0.5, 0.6) is 0 Å². The van der Waals surface area contributed by atoms with Gasteiger partial charge in [0.05, 0.1) is 15.4 Å². The summed E-state index contributed by atoms with van der Waals surface area (Å²) >= 11 is 9.35. The molecule has 2 aromatic rings. The number of hydrogen-bond acceptors (Lipinski definition) is 7. The van der Waals surface area contributed by atoms with Crippen LogP contribution in [-0.4, -0.2) is 63.6 Å². The van der Waals surface area contributed by atoms with Crippen molar-refractivity contribution in [3.05, 3.63) is 47.1 Å². The van der Waals surface area contributed by atoms with Gasteiger partial charge in [0.1, 0.15) is 6.23 Å². The predicted molar refractivity (Wildman–Crippen MR) is 137 cm³/mol. The van der Waals surface area contributed by atoms with Crippen LogP contribution in [0.1, 0.15) is 42.1 Å². The van der Waals surface area contributed by atoms with Crippen molar-refractivity contribution in [2.24, 2.45) is 5.92 Å². The van der Waals surface area contributed by atoms with Gasteiger partial charge in [-0.15, -0.1) is 0 Å². The molecule has 1 saturated carbocycles. The van der Waals surface area contributed by atoms with E-state index in [0.29, 0.717) is 35.4 Å². The number of aliphatic hydroxyl groups is 1. The standard InChI is InChI=1S/C24H29ClN4O3S2/c1-4-16-13-28(8-9-29(16)20(30)5-2)23(32)17-11-19(18(25)10-14(17)3)33-21-12-26-24(34-21)27-22(31)15-6-7-15/h5,10-12,15-16,20,30H,2,4,6-9,13H2,1,3H3,(H,26,27,31)/t16-,20?/m1/s1. The van der Waals surface area contributed by atoms with Crippen molar-refractivity contribution in [1.29, 1.82) is 0 Å². The molecule has 1 unspecified atom stereocenters. The lowest BCUT2D eigenvalue weighted by molar-refractivity contribution is -0.117. The van der Waals surface area contributed by atoms with Crippen LogP contribution in [0.15, 0.2) is 40.1 Å². The fraction of sp³-hybridized carbons (Fsp3) is 0.458. The van der Waals surface area contributed by atoms with Gasteiger partial charge in [-0.05, 0) is 50.0 Å². The minimum atomic E-state index is -0.708. The fourth-order valence-electron chi connectivity index (χ4n) is 4.06. The smallest absolute Gasteiger partial charge is 0.254 e. The molecule has 7 nitrogen and oxygen atoms in total. The Morgan fingerprint density at radius 2 is 2.18 bits per heavy atom. The summed E-state index contributed by atoms with van der Waals surface area (Å²) in [5.41, 5.74) is 1.44. The number of anilines is 1. The molecule has 182 valence electrons. The average molecular weight is 521 g/mol. The first-order valence-corrected chi connectivity index (χ1v) is 13.4. The van der Waals surface area contributed by atoms with Gasteiger partial charge in [-0.3, -0.25) is 14.5 Å². The first kappa shape index (κ1) is 25.2. The number of nitrogens with zero attached hydrogens (tertiary/aromatic N) is 3. The Kier molecular flexibility index (Phi) is 7.99. The van der Waals surface area contributed by atoms with Gasteiger partial charge in [-0.25, -0.2) is 4.98 Å². The molecule has 1 saturated heterocycles. The summed E-state index contributed by atoms with van der Waals surface area (Å²) in [6.07, 6.45) is 5.23. The van der Waals surface area contributed by atoms with Gasteiger partial charge in [-0.2, -0.15) is 0 Å². The minimum absolute atomic E-state index is 0.0261. The number of halogens is 1. The van der Waals surface area contributed by atoms with E-state index < -0.39 is 6.23 Å². The van der Waals surface area contributed by atoms with Gasteiger partial charge < -0.3 is 15.3 Å². The maximum absolute atomic E-state index is 13.5. The number of rotatable bonds is 8. The third kappa shape index (κ3) is 5.66. The minimum Gasteiger partial charge on any atom is -0.375 e. The van der Waals surface area contributed by atoms with Crippen molar-refractivity contribution in [2.75, 3.05) is 25.0 Å². The molecule has 2 aliphatic rings. The van der Waals surface area contributed by atoms with Gasteiger partial charge in [0, 0.05) is 42.1 Å². The summed E-state index contributed by atoms with van der Waals surface area (Å²) in [5, 5.41) is 14.2. The number of carbonyl (C=O) groups excluding carboxylic acids is 2. The van der Waals surface area contributed by atoms with Crippen molar-refractivity contribution in [3.8, 4) is 0 Å². The third-order valence-electron chi connectivity index (χ3n) is 6.22. The Labute approximate surface area is 213 Å². The number of carbonyl (C=O) groups is 2. The van der Waals surface area contributed by atoms with E-state index in [9.17, 15) is 14.7 Å². The molecular formula is C24H29ClN4O3S2. The molecule has 0 bridgehead atoms. The number of thiazole rings is 1. The van der Waals surface area contributed by atoms with E-state index >= 15 is 0 Å². The van der Waals surface area contributed by atoms with Crippen LogP contribution in [0.25, 0.3) is 0 Å². The lowest BCUT2D eigenvalue weighted by atomic mass is 10.0. The summed E-state index contributed by atoms with van der Waals surface area (Å²) in [6, 6.07) is 3.73. The van der Waals surface area contributed by atoms with Crippen LogP contribution in [-0.2, 0) is 4.79 Å². The fourth-order valence-corrected chi connectivity index (χ4v) is 6.27. The largest absolute Gasteiger partial charge is 0.375 e. The van der Waals surface area contributed by atoms with Crippen LogP contribution in [0.2, 0.25) is 5.02 Å². The second kappa shape index (κ2) is 10.8. The highest BCUT2D eigenvalue weighted by molar-refractivity contribution is 8.01. The number of nitrogens with one attached hydrogen (secondary N) is 1. The zero-order chi connectivity index (χ0) is 24.4. The van der Waals surface area contributed by atoms with E-state index in [4.69, 9.17) is 11.6 Å². The van der Waals surface area contributed by atoms with E-state index in [1.807, 2.05) is 28.9 Å². The van der Waals surface area contributed by atoms with Gasteiger partial charge in [-0.1, -0.05) is 48.2 Å². The number of aliphatic hydroxyl groups excluding tert-OH is 1. The second-order valence-corrected chi connectivity index (χ2v) is 11.4. The van der Waals surface area contributed by atoms with Crippen LogP contribution in [0, 0.1) is 12.8 Å². The molecule has 1 aliphatic heterocycles. The molecule has 2 N–H and O–H groups in total. The molecule has 1 aromatic carbocycles. The highest BCUT2D eigenvalue weighted by atomic mass is 35.5. The quantitative estimate of drug-likeness (QED) is 0.493.